The van der Waals surface area contributed by atoms with Gasteiger partial charge >= 0.3 is 11.5 Å². The molecule has 126 valence electrons. The Morgan fingerprint density at radius 1 is 1.17 bits per heavy atom. The Morgan fingerprint density at radius 3 is 2.22 bits per heavy atom. The Balaban J connectivity index is 2.57. The monoisotopic (exact) mass is 350 g/mol. The number of benzene rings is 1. The summed E-state index contributed by atoms with van der Waals surface area (Å²) in [7, 11) is 3.64. The minimum absolute atomic E-state index is 0.00944. The molecule has 23 heavy (non-hydrogen) atoms. The van der Waals surface area contributed by atoms with Crippen molar-refractivity contribution >= 4 is 23.5 Å². The smallest absolute Gasteiger partial charge is 0.443 e. The Morgan fingerprint density at radius 2 is 1.74 bits per heavy atom. The maximum Gasteiger partial charge on any atom is 0.443 e. The molecule has 9 heteroatoms. The number of ketones is 1. The largest absolute Gasteiger partial charge is 0.493 e. The van der Waals surface area contributed by atoms with Crippen LogP contribution in [0.5, 0.6) is 11.5 Å². The van der Waals surface area contributed by atoms with Crippen LogP contribution in [0.1, 0.15) is 15.9 Å². The lowest BCUT2D eigenvalue weighted by Crippen LogP contribution is -2.44. The number of alkyl halides is 3. The number of hydrogen-bond acceptors (Lipinski definition) is 6. The fourth-order valence-electron chi connectivity index (χ4n) is 2.50. The highest BCUT2D eigenvalue weighted by Crippen LogP contribution is 2.50. The van der Waals surface area contributed by atoms with Crippen molar-refractivity contribution in [2.75, 3.05) is 21.3 Å². The van der Waals surface area contributed by atoms with Crippen LogP contribution in [0.15, 0.2) is 12.1 Å². The van der Waals surface area contributed by atoms with E-state index in [1.807, 2.05) is 0 Å². The summed E-state index contributed by atoms with van der Waals surface area (Å²) >= 11 is -0.670. The number of hydrogen-bond donors (Lipinski definition) is 0. The molecule has 1 aliphatic rings. The van der Waals surface area contributed by atoms with Crippen LogP contribution in [-0.2, 0) is 16.0 Å². The molecule has 0 unspecified atom stereocenters. The van der Waals surface area contributed by atoms with Gasteiger partial charge in [0, 0.05) is 12.0 Å². The third-order valence-corrected chi connectivity index (χ3v) is 4.54. The summed E-state index contributed by atoms with van der Waals surface area (Å²) < 4.78 is 50.9. The van der Waals surface area contributed by atoms with E-state index >= 15 is 0 Å². The fourth-order valence-corrected chi connectivity index (χ4v) is 3.49. The molecule has 1 atom stereocenters. The highest BCUT2D eigenvalue weighted by molar-refractivity contribution is 8.03. The van der Waals surface area contributed by atoms with Gasteiger partial charge in [-0.25, -0.2) is 0 Å². The number of halogens is 3. The molecule has 0 saturated heterocycles. The van der Waals surface area contributed by atoms with E-state index in [1.54, 1.807) is 0 Å². The van der Waals surface area contributed by atoms with Gasteiger partial charge in [0.15, 0.2) is 22.0 Å². The third kappa shape index (κ3) is 2.97. The average Bonchev–Trinajstić information content (AvgIpc) is 2.76. The summed E-state index contributed by atoms with van der Waals surface area (Å²) in [6, 6.07) is 2.67. The fraction of sp³-hybridized carbons (Fsp3) is 0.429. The van der Waals surface area contributed by atoms with Crippen molar-refractivity contribution in [2.45, 2.75) is 16.7 Å². The quantitative estimate of drug-likeness (QED) is 0.614. The van der Waals surface area contributed by atoms with Crippen LogP contribution >= 0.6 is 11.8 Å². The van der Waals surface area contributed by atoms with E-state index in [1.165, 1.54) is 26.4 Å². The molecule has 0 saturated carbocycles. The van der Waals surface area contributed by atoms with Crippen molar-refractivity contribution in [3.63, 3.8) is 0 Å². The molecule has 0 radical (unpaired) electrons. The van der Waals surface area contributed by atoms with Gasteiger partial charge in [-0.1, -0.05) is 0 Å². The Labute approximate surface area is 134 Å². The first-order valence-electron chi connectivity index (χ1n) is 6.33. The zero-order valence-electron chi connectivity index (χ0n) is 12.4. The summed E-state index contributed by atoms with van der Waals surface area (Å²) in [6.45, 7) is 0. The Kier molecular flexibility index (Phi) is 4.52. The normalized spacial score (nSPS) is 20.2. The zero-order valence-corrected chi connectivity index (χ0v) is 13.3. The van der Waals surface area contributed by atoms with E-state index in [0.717, 1.165) is 7.11 Å². The number of carbonyl (C=O) groups is 2. The SMILES string of the molecule is COC(=O)[C@@]1(SC(F)(F)F)Cc2cc(OC)c(OC)cc2C1=O. The van der Waals surface area contributed by atoms with Gasteiger partial charge in [-0.2, -0.15) is 13.2 Å². The van der Waals surface area contributed by atoms with Gasteiger partial charge in [0.05, 0.1) is 21.3 Å². The first-order valence-corrected chi connectivity index (χ1v) is 7.15. The molecule has 5 nitrogen and oxygen atoms in total. The van der Waals surface area contributed by atoms with E-state index in [2.05, 4.69) is 4.74 Å². The van der Waals surface area contributed by atoms with Gasteiger partial charge < -0.3 is 14.2 Å². The summed E-state index contributed by atoms with van der Waals surface area (Å²) in [5.41, 5.74) is -4.51. The van der Waals surface area contributed by atoms with Crippen LogP contribution in [0.25, 0.3) is 0 Å². The number of fused-ring (bicyclic) bond motifs is 1. The van der Waals surface area contributed by atoms with E-state index in [0.29, 0.717) is 0 Å². The molecule has 2 rings (SSSR count). The van der Waals surface area contributed by atoms with E-state index in [4.69, 9.17) is 9.47 Å². The number of esters is 1. The van der Waals surface area contributed by atoms with Gasteiger partial charge in [-0.05, 0) is 29.5 Å². The minimum atomic E-state index is -4.78. The lowest BCUT2D eigenvalue weighted by molar-refractivity contribution is -0.142. The minimum Gasteiger partial charge on any atom is -0.493 e. The summed E-state index contributed by atoms with van der Waals surface area (Å²) in [4.78, 5) is 24.5. The Bertz CT molecular complexity index is 659. The van der Waals surface area contributed by atoms with E-state index in [-0.39, 0.29) is 22.6 Å². The predicted octanol–water partition coefficient (Wildman–Crippen LogP) is 2.61. The van der Waals surface area contributed by atoms with Gasteiger partial charge in [0.1, 0.15) is 0 Å². The Hall–Kier alpha value is -1.90. The summed E-state index contributed by atoms with van der Waals surface area (Å²) in [5, 5.41) is 0. The average molecular weight is 350 g/mol. The zero-order chi connectivity index (χ0) is 17.4. The lowest BCUT2D eigenvalue weighted by Gasteiger charge is -2.24. The molecule has 0 fully saturated rings. The lowest BCUT2D eigenvalue weighted by atomic mass is 10.0. The molecular formula is C14H13F3O5S. The van der Waals surface area contributed by atoms with Crippen LogP contribution in [0, 0.1) is 0 Å². The number of Topliss-reactive ketones (excluding diaryl/α,β-unsaturated/α-hetero) is 1. The van der Waals surface area contributed by atoms with Crippen LogP contribution in [0.3, 0.4) is 0 Å². The predicted molar refractivity (Wildman–Crippen MR) is 76.0 cm³/mol. The summed E-state index contributed by atoms with van der Waals surface area (Å²) in [6.07, 6.45) is -0.432. The second-order valence-electron chi connectivity index (χ2n) is 4.74. The highest BCUT2D eigenvalue weighted by atomic mass is 32.2. The molecule has 1 aliphatic carbocycles. The van der Waals surface area contributed by atoms with Gasteiger partial charge in [-0.3, -0.25) is 9.59 Å². The van der Waals surface area contributed by atoms with Crippen molar-refractivity contribution < 1.29 is 37.0 Å². The third-order valence-electron chi connectivity index (χ3n) is 3.47. The van der Waals surface area contributed by atoms with E-state index in [9.17, 15) is 22.8 Å². The molecule has 1 aromatic carbocycles. The number of methoxy groups -OCH3 is 3. The molecule has 0 heterocycles. The van der Waals surface area contributed by atoms with Crippen molar-refractivity contribution in [3.8, 4) is 11.5 Å². The molecule has 0 spiro atoms. The van der Waals surface area contributed by atoms with Gasteiger partial charge in [0.2, 0.25) is 0 Å². The topological polar surface area (TPSA) is 61.8 Å². The first-order chi connectivity index (χ1) is 10.7. The van der Waals surface area contributed by atoms with Crippen LogP contribution in [0.2, 0.25) is 0 Å². The number of thioether (sulfide) groups is 1. The number of ether oxygens (including phenoxy) is 3. The molecule has 0 bridgehead atoms. The van der Waals surface area contributed by atoms with Crippen LogP contribution in [-0.4, -0.2) is 43.3 Å². The standard InChI is InChI=1S/C14H13F3O5S/c1-20-9-4-7-6-13(12(19)22-3,23-14(15,16)17)11(18)8(7)5-10(9)21-2/h4-5H,6H2,1-3H3/t13-/m1/s1. The first kappa shape index (κ1) is 17.5. The van der Waals surface area contributed by atoms with Crippen molar-refractivity contribution in [3.05, 3.63) is 23.3 Å². The summed E-state index contributed by atoms with van der Waals surface area (Å²) in [5.74, 6) is -1.74. The second kappa shape index (κ2) is 5.95. The van der Waals surface area contributed by atoms with Gasteiger partial charge in [0.25, 0.3) is 0 Å². The molecule has 1 aromatic rings. The van der Waals surface area contributed by atoms with E-state index < -0.39 is 40.2 Å². The number of rotatable bonds is 4. The number of carbonyl (C=O) groups excluding carboxylic acids is 2. The molecule has 0 aliphatic heterocycles. The highest BCUT2D eigenvalue weighted by Gasteiger charge is 2.59. The van der Waals surface area contributed by atoms with Crippen molar-refractivity contribution in [2.24, 2.45) is 0 Å². The van der Waals surface area contributed by atoms with Crippen LogP contribution in [0.4, 0.5) is 13.2 Å². The second-order valence-corrected chi connectivity index (χ2v) is 6.10. The maximum absolute atomic E-state index is 12.9. The van der Waals surface area contributed by atoms with Gasteiger partial charge in [-0.15, -0.1) is 0 Å². The maximum atomic E-state index is 12.9. The van der Waals surface area contributed by atoms with Crippen molar-refractivity contribution in [1.82, 2.24) is 0 Å². The molecule has 0 aromatic heterocycles. The molecule has 0 amide bonds. The van der Waals surface area contributed by atoms with Crippen LogP contribution < -0.4 is 9.47 Å². The molecule has 0 N–H and O–H groups in total. The molecular weight excluding hydrogens is 337 g/mol. The van der Waals surface area contributed by atoms with Crippen molar-refractivity contribution in [1.29, 1.82) is 0 Å².